The van der Waals surface area contributed by atoms with Crippen LogP contribution in [0.5, 0.6) is 0 Å². The van der Waals surface area contributed by atoms with Crippen molar-refractivity contribution in [2.75, 3.05) is 32.7 Å². The fourth-order valence-electron chi connectivity index (χ4n) is 4.42. The fourth-order valence-corrected chi connectivity index (χ4v) is 4.42. The molecule has 2 saturated heterocycles. The summed E-state index contributed by atoms with van der Waals surface area (Å²) < 4.78 is 38.8. The number of hydrogen-bond acceptors (Lipinski definition) is 3. The Balaban J connectivity index is 1.47. The van der Waals surface area contributed by atoms with Crippen LogP contribution in [-0.2, 0) is 11.0 Å². The van der Waals surface area contributed by atoms with Gasteiger partial charge in [-0.2, -0.15) is 13.2 Å². The van der Waals surface area contributed by atoms with Crippen molar-refractivity contribution < 1.29 is 22.8 Å². The average molecular weight is 440 g/mol. The molecule has 0 aromatic heterocycles. The topological polar surface area (TPSA) is 52.7 Å². The zero-order valence-electron chi connectivity index (χ0n) is 18.3. The van der Waals surface area contributed by atoms with Crippen molar-refractivity contribution in [3.63, 3.8) is 0 Å². The molecule has 0 saturated carbocycles. The molecule has 1 aromatic carbocycles. The highest BCUT2D eigenvalue weighted by Crippen LogP contribution is 2.30. The highest BCUT2D eigenvalue weighted by molar-refractivity contribution is 5.94. The van der Waals surface area contributed by atoms with Crippen molar-refractivity contribution in [2.24, 2.45) is 11.8 Å². The Labute approximate surface area is 182 Å². The highest BCUT2D eigenvalue weighted by Gasteiger charge is 2.33. The standard InChI is InChI=1S/C23H32F3N3O2/c1-16(2)15-27-21(30)17-6-10-28(11-7-17)20-8-12-29(13-9-20)22(31)18-4-3-5-19(14-18)23(24,25)26/h3-5,14,16-17,20H,6-13,15H2,1-2H3,(H,27,30). The predicted octanol–water partition coefficient (Wildman–Crippen LogP) is 3.79. The molecule has 8 heteroatoms. The number of piperidine rings is 2. The van der Waals surface area contributed by atoms with Gasteiger partial charge in [-0.05, 0) is 62.9 Å². The van der Waals surface area contributed by atoms with Gasteiger partial charge in [-0.1, -0.05) is 19.9 Å². The van der Waals surface area contributed by atoms with Gasteiger partial charge in [-0.15, -0.1) is 0 Å². The van der Waals surface area contributed by atoms with Crippen molar-refractivity contribution in [1.82, 2.24) is 15.1 Å². The summed E-state index contributed by atoms with van der Waals surface area (Å²) in [6.07, 6.45) is -1.18. The average Bonchev–Trinajstić information content (AvgIpc) is 2.76. The summed E-state index contributed by atoms with van der Waals surface area (Å²) in [7, 11) is 0. The molecule has 1 aromatic rings. The molecule has 3 rings (SSSR count). The van der Waals surface area contributed by atoms with Crippen molar-refractivity contribution in [3.05, 3.63) is 35.4 Å². The van der Waals surface area contributed by atoms with Gasteiger partial charge in [0.1, 0.15) is 0 Å². The number of nitrogens with one attached hydrogen (secondary N) is 1. The molecule has 2 fully saturated rings. The maximum atomic E-state index is 12.9. The molecular weight excluding hydrogens is 407 g/mol. The number of carbonyl (C=O) groups excluding carboxylic acids is 2. The minimum absolute atomic E-state index is 0.0672. The van der Waals surface area contributed by atoms with Crippen LogP contribution in [0.1, 0.15) is 55.5 Å². The molecule has 2 aliphatic heterocycles. The van der Waals surface area contributed by atoms with Gasteiger partial charge in [0, 0.05) is 37.2 Å². The van der Waals surface area contributed by atoms with Crippen molar-refractivity contribution in [2.45, 2.75) is 51.7 Å². The first kappa shape index (κ1) is 23.6. The first-order valence-electron chi connectivity index (χ1n) is 11.1. The van der Waals surface area contributed by atoms with Gasteiger partial charge in [0.25, 0.3) is 5.91 Å². The first-order chi connectivity index (χ1) is 14.6. The second kappa shape index (κ2) is 10.0. The molecule has 2 aliphatic rings. The number of rotatable bonds is 5. The van der Waals surface area contributed by atoms with E-state index in [-0.39, 0.29) is 23.3 Å². The van der Waals surface area contributed by atoms with E-state index in [4.69, 9.17) is 0 Å². The van der Waals surface area contributed by atoms with Gasteiger partial charge in [0.15, 0.2) is 0 Å². The Morgan fingerprint density at radius 2 is 1.71 bits per heavy atom. The molecule has 0 atom stereocenters. The molecule has 2 heterocycles. The SMILES string of the molecule is CC(C)CNC(=O)C1CCN(C2CCN(C(=O)c3cccc(C(F)(F)F)c3)CC2)CC1. The number of carbonyl (C=O) groups is 2. The Hall–Kier alpha value is -2.09. The molecule has 0 aliphatic carbocycles. The second-order valence-corrected chi connectivity index (χ2v) is 9.05. The summed E-state index contributed by atoms with van der Waals surface area (Å²) in [5, 5.41) is 3.02. The molecule has 2 amide bonds. The van der Waals surface area contributed by atoms with Gasteiger partial charge >= 0.3 is 6.18 Å². The van der Waals surface area contributed by atoms with E-state index in [0.29, 0.717) is 31.6 Å². The Bertz CT molecular complexity index is 766. The molecule has 5 nitrogen and oxygen atoms in total. The van der Waals surface area contributed by atoms with Crippen LogP contribution in [-0.4, -0.2) is 60.4 Å². The van der Waals surface area contributed by atoms with Crippen molar-refractivity contribution in [1.29, 1.82) is 0 Å². The lowest BCUT2D eigenvalue weighted by atomic mass is 9.92. The van der Waals surface area contributed by atoms with E-state index in [1.807, 2.05) is 0 Å². The molecule has 1 N–H and O–H groups in total. The van der Waals surface area contributed by atoms with Crippen LogP contribution in [0.4, 0.5) is 13.2 Å². The summed E-state index contributed by atoms with van der Waals surface area (Å²) >= 11 is 0. The second-order valence-electron chi connectivity index (χ2n) is 9.05. The number of nitrogens with zero attached hydrogens (tertiary/aromatic N) is 2. The third kappa shape index (κ3) is 6.21. The van der Waals surface area contributed by atoms with E-state index < -0.39 is 11.7 Å². The molecule has 0 spiro atoms. The van der Waals surface area contributed by atoms with Crippen molar-refractivity contribution >= 4 is 11.8 Å². The maximum absolute atomic E-state index is 12.9. The Kier molecular flexibility index (Phi) is 7.62. The Morgan fingerprint density at radius 3 is 2.29 bits per heavy atom. The van der Waals surface area contributed by atoms with Gasteiger partial charge < -0.3 is 15.1 Å². The third-order valence-corrected chi connectivity index (χ3v) is 6.29. The minimum Gasteiger partial charge on any atom is -0.356 e. The van der Waals surface area contributed by atoms with E-state index in [2.05, 4.69) is 24.1 Å². The monoisotopic (exact) mass is 439 g/mol. The fraction of sp³-hybridized carbons (Fsp3) is 0.652. The summed E-state index contributed by atoms with van der Waals surface area (Å²) in [6, 6.07) is 4.99. The lowest BCUT2D eigenvalue weighted by Gasteiger charge is -2.41. The van der Waals surface area contributed by atoms with Gasteiger partial charge in [0.05, 0.1) is 5.56 Å². The summed E-state index contributed by atoms with van der Waals surface area (Å²) in [4.78, 5) is 29.0. The minimum atomic E-state index is -4.46. The first-order valence-corrected chi connectivity index (χ1v) is 11.1. The van der Waals surface area contributed by atoms with Crippen LogP contribution in [0.25, 0.3) is 0 Å². The lowest BCUT2D eigenvalue weighted by Crippen LogP contribution is -2.50. The largest absolute Gasteiger partial charge is 0.416 e. The van der Waals surface area contributed by atoms with E-state index in [1.54, 1.807) is 4.90 Å². The summed E-state index contributed by atoms with van der Waals surface area (Å²) in [5.74, 6) is 0.311. The number of benzene rings is 1. The number of likely N-dealkylation sites (tertiary alicyclic amines) is 2. The summed E-state index contributed by atoms with van der Waals surface area (Å²) in [6.45, 7) is 7.67. The zero-order valence-corrected chi connectivity index (χ0v) is 18.3. The van der Waals surface area contributed by atoms with E-state index in [1.165, 1.54) is 12.1 Å². The number of hydrogen-bond donors (Lipinski definition) is 1. The van der Waals surface area contributed by atoms with Crippen LogP contribution < -0.4 is 5.32 Å². The summed E-state index contributed by atoms with van der Waals surface area (Å²) in [5.41, 5.74) is -0.713. The Morgan fingerprint density at radius 1 is 1.06 bits per heavy atom. The predicted molar refractivity (Wildman–Crippen MR) is 113 cm³/mol. The van der Waals surface area contributed by atoms with E-state index in [0.717, 1.165) is 50.9 Å². The molecule has 0 bridgehead atoms. The number of amides is 2. The maximum Gasteiger partial charge on any atom is 0.416 e. The molecule has 0 unspecified atom stereocenters. The number of halogens is 3. The molecule has 0 radical (unpaired) electrons. The smallest absolute Gasteiger partial charge is 0.356 e. The third-order valence-electron chi connectivity index (χ3n) is 6.29. The van der Waals surface area contributed by atoms with Crippen LogP contribution >= 0.6 is 0 Å². The van der Waals surface area contributed by atoms with Crippen LogP contribution in [0, 0.1) is 11.8 Å². The van der Waals surface area contributed by atoms with Crippen LogP contribution in [0.15, 0.2) is 24.3 Å². The molecule has 31 heavy (non-hydrogen) atoms. The van der Waals surface area contributed by atoms with Gasteiger partial charge in [0.2, 0.25) is 5.91 Å². The number of alkyl halides is 3. The van der Waals surface area contributed by atoms with Crippen LogP contribution in [0.3, 0.4) is 0 Å². The quantitative estimate of drug-likeness (QED) is 0.760. The molecule has 172 valence electrons. The van der Waals surface area contributed by atoms with E-state index >= 15 is 0 Å². The van der Waals surface area contributed by atoms with Gasteiger partial charge in [-0.3, -0.25) is 9.59 Å². The molecular formula is C23H32F3N3O2. The van der Waals surface area contributed by atoms with E-state index in [9.17, 15) is 22.8 Å². The highest BCUT2D eigenvalue weighted by atomic mass is 19.4. The van der Waals surface area contributed by atoms with Crippen molar-refractivity contribution in [3.8, 4) is 0 Å². The van der Waals surface area contributed by atoms with Crippen LogP contribution in [0.2, 0.25) is 0 Å². The lowest BCUT2D eigenvalue weighted by molar-refractivity contribution is -0.137. The normalized spacial score (nSPS) is 19.6. The zero-order chi connectivity index (χ0) is 22.6. The van der Waals surface area contributed by atoms with Gasteiger partial charge in [-0.25, -0.2) is 0 Å².